The molecule has 0 saturated heterocycles. The van der Waals surface area contributed by atoms with Gasteiger partial charge in [0.2, 0.25) is 5.88 Å². The Morgan fingerprint density at radius 1 is 1.44 bits per heavy atom. The summed E-state index contributed by atoms with van der Waals surface area (Å²) >= 11 is 0. The number of nitrogens with zero attached hydrogens (tertiary/aromatic N) is 1. The van der Waals surface area contributed by atoms with Crippen LogP contribution in [0.3, 0.4) is 0 Å². The number of pyridine rings is 1. The minimum absolute atomic E-state index is 0.0525. The van der Waals surface area contributed by atoms with Crippen LogP contribution in [-0.4, -0.2) is 25.2 Å². The maximum absolute atomic E-state index is 12.5. The lowest BCUT2D eigenvalue weighted by molar-refractivity contribution is -0.139. The van der Waals surface area contributed by atoms with Crippen LogP contribution in [0.4, 0.5) is 8.78 Å². The van der Waals surface area contributed by atoms with Crippen LogP contribution in [-0.2, 0) is 16.0 Å². The van der Waals surface area contributed by atoms with Gasteiger partial charge in [-0.05, 0) is 6.07 Å². The third-order valence-electron chi connectivity index (χ3n) is 1.89. The van der Waals surface area contributed by atoms with Gasteiger partial charge < -0.3 is 9.47 Å². The van der Waals surface area contributed by atoms with Crippen molar-refractivity contribution in [3.8, 4) is 5.88 Å². The van der Waals surface area contributed by atoms with Gasteiger partial charge in [-0.25, -0.2) is 13.8 Å². The Hall–Kier alpha value is -1.72. The van der Waals surface area contributed by atoms with Gasteiger partial charge in [0, 0.05) is 11.6 Å². The fraction of sp³-hybridized carbons (Fsp3) is 0.400. The van der Waals surface area contributed by atoms with Crippen LogP contribution < -0.4 is 4.74 Å². The molecule has 0 spiro atoms. The van der Waals surface area contributed by atoms with Crippen molar-refractivity contribution in [3.05, 3.63) is 23.4 Å². The van der Waals surface area contributed by atoms with E-state index in [1.807, 2.05) is 0 Å². The van der Waals surface area contributed by atoms with Crippen molar-refractivity contribution < 1.29 is 23.0 Å². The summed E-state index contributed by atoms with van der Waals surface area (Å²) < 4.78 is 34.2. The molecule has 6 heteroatoms. The zero-order chi connectivity index (χ0) is 12.1. The molecule has 0 amide bonds. The fourth-order valence-corrected chi connectivity index (χ4v) is 1.12. The average molecular weight is 231 g/mol. The van der Waals surface area contributed by atoms with Crippen molar-refractivity contribution in [2.75, 3.05) is 14.2 Å². The molecule has 0 aliphatic heterocycles. The molecule has 1 heterocycles. The third-order valence-corrected chi connectivity index (χ3v) is 1.89. The smallest absolute Gasteiger partial charge is 0.311 e. The lowest BCUT2D eigenvalue weighted by Crippen LogP contribution is -2.07. The average Bonchev–Trinajstić information content (AvgIpc) is 2.28. The summed E-state index contributed by atoms with van der Waals surface area (Å²) in [5, 5.41) is 0. The summed E-state index contributed by atoms with van der Waals surface area (Å²) in [7, 11) is 2.54. The van der Waals surface area contributed by atoms with E-state index in [2.05, 4.69) is 9.72 Å². The summed E-state index contributed by atoms with van der Waals surface area (Å²) in [6, 6.07) is 2.29. The van der Waals surface area contributed by atoms with Crippen molar-refractivity contribution in [3.63, 3.8) is 0 Å². The predicted octanol–water partition coefficient (Wildman–Crippen LogP) is 1.74. The summed E-state index contributed by atoms with van der Waals surface area (Å²) in [5.74, 6) is -0.488. The molecule has 0 atom stereocenters. The maximum atomic E-state index is 12.5. The van der Waals surface area contributed by atoms with E-state index in [1.165, 1.54) is 14.2 Å². The first-order chi connectivity index (χ1) is 7.56. The third kappa shape index (κ3) is 3.15. The van der Waals surface area contributed by atoms with E-state index in [1.54, 1.807) is 0 Å². The second-order valence-corrected chi connectivity index (χ2v) is 2.99. The minimum Gasteiger partial charge on any atom is -0.481 e. The molecule has 0 bridgehead atoms. The van der Waals surface area contributed by atoms with Crippen molar-refractivity contribution in [2.45, 2.75) is 12.8 Å². The van der Waals surface area contributed by atoms with Gasteiger partial charge in [0.15, 0.2) is 0 Å². The quantitative estimate of drug-likeness (QED) is 0.740. The van der Waals surface area contributed by atoms with Crippen LogP contribution in [0, 0.1) is 0 Å². The standard InChI is InChI=1S/C10H11F2NO3/c1-15-8-4-6(10(11)12)3-7(13-8)5-9(14)16-2/h3-4,10H,5H2,1-2H3. The highest BCUT2D eigenvalue weighted by Crippen LogP contribution is 2.23. The van der Waals surface area contributed by atoms with Gasteiger partial charge in [-0.2, -0.15) is 0 Å². The molecule has 1 aromatic heterocycles. The minimum atomic E-state index is -2.63. The number of carbonyl (C=O) groups excluding carboxylic acids is 1. The summed E-state index contributed by atoms with van der Waals surface area (Å²) in [6.07, 6.45) is -2.79. The molecule has 0 fully saturated rings. The zero-order valence-electron chi connectivity index (χ0n) is 8.87. The molecule has 4 nitrogen and oxygen atoms in total. The molecule has 0 aliphatic rings. The molecule has 1 rings (SSSR count). The number of halogens is 2. The number of hydrogen-bond acceptors (Lipinski definition) is 4. The van der Waals surface area contributed by atoms with E-state index in [-0.39, 0.29) is 23.6 Å². The molecule has 0 radical (unpaired) electrons. The van der Waals surface area contributed by atoms with Crippen LogP contribution in [0.5, 0.6) is 5.88 Å². The molecule has 0 saturated carbocycles. The summed E-state index contributed by atoms with van der Waals surface area (Å²) in [5.41, 5.74) is -0.0350. The summed E-state index contributed by atoms with van der Waals surface area (Å²) in [4.78, 5) is 14.8. The highest BCUT2D eigenvalue weighted by Gasteiger charge is 2.13. The maximum Gasteiger partial charge on any atom is 0.311 e. The topological polar surface area (TPSA) is 48.4 Å². The number of rotatable bonds is 4. The van der Waals surface area contributed by atoms with Gasteiger partial charge in [0.25, 0.3) is 6.43 Å². The second-order valence-electron chi connectivity index (χ2n) is 2.99. The number of alkyl halides is 2. The molecular formula is C10H11F2NO3. The first-order valence-electron chi connectivity index (χ1n) is 4.46. The second kappa shape index (κ2) is 5.39. The fourth-order valence-electron chi connectivity index (χ4n) is 1.12. The Bertz CT molecular complexity index is 382. The molecule has 0 unspecified atom stereocenters. The van der Waals surface area contributed by atoms with Gasteiger partial charge in [0.1, 0.15) is 0 Å². The van der Waals surface area contributed by atoms with Crippen LogP contribution in [0.1, 0.15) is 17.7 Å². The number of hydrogen-bond donors (Lipinski definition) is 0. The van der Waals surface area contributed by atoms with E-state index in [0.29, 0.717) is 0 Å². The van der Waals surface area contributed by atoms with Crippen molar-refractivity contribution in [2.24, 2.45) is 0 Å². The zero-order valence-corrected chi connectivity index (χ0v) is 8.87. The van der Waals surface area contributed by atoms with Gasteiger partial charge in [-0.1, -0.05) is 0 Å². The molecule has 0 N–H and O–H groups in total. The highest BCUT2D eigenvalue weighted by molar-refractivity contribution is 5.71. The number of methoxy groups -OCH3 is 2. The SMILES string of the molecule is COC(=O)Cc1cc(C(F)F)cc(OC)n1. The Kier molecular flexibility index (Phi) is 4.16. The number of aromatic nitrogens is 1. The van der Waals surface area contributed by atoms with E-state index >= 15 is 0 Å². The van der Waals surface area contributed by atoms with Gasteiger partial charge in [0.05, 0.1) is 26.3 Å². The van der Waals surface area contributed by atoms with Gasteiger partial charge in [-0.3, -0.25) is 4.79 Å². The monoisotopic (exact) mass is 231 g/mol. The lowest BCUT2D eigenvalue weighted by atomic mass is 10.2. The molecule has 0 aliphatic carbocycles. The van der Waals surface area contributed by atoms with E-state index in [4.69, 9.17) is 4.74 Å². The van der Waals surface area contributed by atoms with Crippen LogP contribution in [0.15, 0.2) is 12.1 Å². The first kappa shape index (κ1) is 12.4. The van der Waals surface area contributed by atoms with Crippen molar-refractivity contribution >= 4 is 5.97 Å². The van der Waals surface area contributed by atoms with Crippen molar-refractivity contribution in [1.82, 2.24) is 4.98 Å². The van der Waals surface area contributed by atoms with Crippen LogP contribution in [0.2, 0.25) is 0 Å². The Balaban J connectivity index is 2.99. The van der Waals surface area contributed by atoms with Gasteiger partial charge in [-0.15, -0.1) is 0 Å². The normalized spacial score (nSPS) is 10.3. The van der Waals surface area contributed by atoms with Crippen molar-refractivity contribution in [1.29, 1.82) is 0 Å². The number of carbonyl (C=O) groups is 1. The largest absolute Gasteiger partial charge is 0.481 e. The predicted molar refractivity (Wildman–Crippen MR) is 51.5 cm³/mol. The Morgan fingerprint density at radius 3 is 2.62 bits per heavy atom. The molecular weight excluding hydrogens is 220 g/mol. The van der Waals surface area contributed by atoms with Crippen LogP contribution >= 0.6 is 0 Å². The van der Waals surface area contributed by atoms with Crippen LogP contribution in [0.25, 0.3) is 0 Å². The summed E-state index contributed by atoms with van der Waals surface area (Å²) in [6.45, 7) is 0. The van der Waals surface area contributed by atoms with E-state index < -0.39 is 12.4 Å². The first-order valence-corrected chi connectivity index (χ1v) is 4.46. The number of esters is 1. The molecule has 88 valence electrons. The Labute approximate surface area is 91.2 Å². The molecule has 0 aromatic carbocycles. The highest BCUT2D eigenvalue weighted by atomic mass is 19.3. The Morgan fingerprint density at radius 2 is 2.12 bits per heavy atom. The lowest BCUT2D eigenvalue weighted by Gasteiger charge is -2.06. The molecule has 1 aromatic rings. The molecule has 16 heavy (non-hydrogen) atoms. The van der Waals surface area contributed by atoms with Gasteiger partial charge >= 0.3 is 5.97 Å². The van der Waals surface area contributed by atoms with E-state index in [0.717, 1.165) is 12.1 Å². The number of ether oxygens (including phenoxy) is 2. The van der Waals surface area contributed by atoms with E-state index in [9.17, 15) is 13.6 Å².